The van der Waals surface area contributed by atoms with E-state index in [9.17, 15) is 22.8 Å². The molecule has 1 amide bonds. The summed E-state index contributed by atoms with van der Waals surface area (Å²) < 4.78 is 24.4. The first-order valence-electron chi connectivity index (χ1n) is 10.8. The minimum absolute atomic E-state index is 0.0520. The first-order valence-corrected chi connectivity index (χ1v) is 12.6. The Morgan fingerprint density at radius 2 is 1.75 bits per heavy atom. The molecule has 1 aliphatic heterocycles. The molecule has 0 saturated carbocycles. The van der Waals surface area contributed by atoms with E-state index < -0.39 is 21.3 Å². The van der Waals surface area contributed by atoms with E-state index in [0.29, 0.717) is 31.5 Å². The fourth-order valence-electron chi connectivity index (χ4n) is 3.72. The zero-order chi connectivity index (χ0) is 23.1. The van der Waals surface area contributed by atoms with Crippen molar-refractivity contribution in [3.8, 4) is 0 Å². The van der Waals surface area contributed by atoms with Gasteiger partial charge in [0.2, 0.25) is 0 Å². The fraction of sp³-hybridized carbons (Fsp3) is 0.435. The maximum absolute atomic E-state index is 12.8. The molecule has 9 heteroatoms. The summed E-state index contributed by atoms with van der Waals surface area (Å²) >= 11 is 0. The van der Waals surface area contributed by atoms with Gasteiger partial charge in [-0.2, -0.15) is 0 Å². The summed E-state index contributed by atoms with van der Waals surface area (Å²) in [6.45, 7) is 2.09. The predicted octanol–water partition coefficient (Wildman–Crippen LogP) is 1.34. The SMILES string of the molecule is CNC(=O)c1cc(C(=O)CCCCN2CCS(=O)(=O)CC2)cn(Cc2ccccc2)c1=O. The van der Waals surface area contributed by atoms with Crippen molar-refractivity contribution >= 4 is 21.5 Å². The number of nitrogens with zero attached hydrogens (tertiary/aromatic N) is 2. The predicted molar refractivity (Wildman–Crippen MR) is 123 cm³/mol. The number of ketones is 1. The molecule has 0 aliphatic carbocycles. The van der Waals surface area contributed by atoms with E-state index in [1.165, 1.54) is 23.9 Å². The second-order valence-corrected chi connectivity index (χ2v) is 10.3. The highest BCUT2D eigenvalue weighted by Crippen LogP contribution is 2.11. The molecule has 2 heterocycles. The molecule has 0 radical (unpaired) electrons. The minimum Gasteiger partial charge on any atom is -0.355 e. The number of hydrogen-bond donors (Lipinski definition) is 1. The van der Waals surface area contributed by atoms with Crippen LogP contribution in [0.3, 0.4) is 0 Å². The molecule has 1 aromatic heterocycles. The van der Waals surface area contributed by atoms with Crippen molar-refractivity contribution in [1.82, 2.24) is 14.8 Å². The lowest BCUT2D eigenvalue weighted by molar-refractivity contribution is 0.0961. The van der Waals surface area contributed by atoms with E-state index in [4.69, 9.17) is 0 Å². The largest absolute Gasteiger partial charge is 0.355 e. The molecule has 32 heavy (non-hydrogen) atoms. The molecule has 0 atom stereocenters. The first kappa shape index (κ1) is 23.9. The number of Topliss-reactive ketones (excluding diaryl/α,β-unsaturated/α-hetero) is 1. The lowest BCUT2D eigenvalue weighted by atomic mass is 10.0. The highest BCUT2D eigenvalue weighted by Gasteiger charge is 2.21. The van der Waals surface area contributed by atoms with Crippen LogP contribution in [0.2, 0.25) is 0 Å². The fourth-order valence-corrected chi connectivity index (χ4v) is 5.00. The lowest BCUT2D eigenvalue weighted by Crippen LogP contribution is -2.40. The van der Waals surface area contributed by atoms with Crippen LogP contribution in [-0.4, -0.2) is 67.8 Å². The van der Waals surface area contributed by atoms with Crippen molar-refractivity contribution in [2.45, 2.75) is 25.8 Å². The molecular weight excluding hydrogens is 430 g/mol. The minimum atomic E-state index is -2.90. The summed E-state index contributed by atoms with van der Waals surface area (Å²) in [6.07, 6.45) is 3.25. The van der Waals surface area contributed by atoms with Crippen LogP contribution in [0.4, 0.5) is 0 Å². The molecule has 0 spiro atoms. The van der Waals surface area contributed by atoms with Crippen molar-refractivity contribution in [2.24, 2.45) is 0 Å². The normalized spacial score (nSPS) is 15.9. The summed E-state index contributed by atoms with van der Waals surface area (Å²) in [5, 5.41) is 2.46. The van der Waals surface area contributed by atoms with Crippen LogP contribution in [-0.2, 0) is 16.4 Å². The summed E-state index contributed by atoms with van der Waals surface area (Å²) in [5.41, 5.74) is 0.738. The number of unbranched alkanes of at least 4 members (excludes halogenated alkanes) is 1. The molecule has 1 saturated heterocycles. The number of sulfone groups is 1. The molecule has 0 bridgehead atoms. The van der Waals surface area contributed by atoms with Crippen molar-refractivity contribution in [2.75, 3.05) is 38.2 Å². The molecule has 8 nitrogen and oxygen atoms in total. The topological polar surface area (TPSA) is 106 Å². The highest BCUT2D eigenvalue weighted by molar-refractivity contribution is 7.91. The number of rotatable bonds is 9. The first-order chi connectivity index (χ1) is 15.3. The van der Waals surface area contributed by atoms with Crippen molar-refractivity contribution in [3.05, 3.63) is 69.6 Å². The van der Waals surface area contributed by atoms with Gasteiger partial charge in [0.25, 0.3) is 11.5 Å². The Labute approximate surface area is 188 Å². The Balaban J connectivity index is 1.66. The number of hydrogen-bond acceptors (Lipinski definition) is 6. The van der Waals surface area contributed by atoms with Gasteiger partial charge in [0, 0.05) is 38.3 Å². The second kappa shape index (κ2) is 10.7. The van der Waals surface area contributed by atoms with Gasteiger partial charge in [-0.05, 0) is 31.0 Å². The van der Waals surface area contributed by atoms with E-state index in [-0.39, 0.29) is 29.4 Å². The van der Waals surface area contributed by atoms with E-state index in [1.54, 1.807) is 0 Å². The van der Waals surface area contributed by atoms with Crippen LogP contribution >= 0.6 is 0 Å². The molecular formula is C23H29N3O5S. The van der Waals surface area contributed by atoms with Crippen molar-refractivity contribution in [1.29, 1.82) is 0 Å². The summed E-state index contributed by atoms with van der Waals surface area (Å²) in [6, 6.07) is 10.8. The maximum Gasteiger partial charge on any atom is 0.263 e. The second-order valence-electron chi connectivity index (χ2n) is 8.01. The van der Waals surface area contributed by atoms with Crippen LogP contribution in [0, 0.1) is 0 Å². The molecule has 2 aromatic rings. The van der Waals surface area contributed by atoms with Crippen molar-refractivity contribution < 1.29 is 18.0 Å². The highest BCUT2D eigenvalue weighted by atomic mass is 32.2. The Bertz CT molecular complexity index is 1110. The van der Waals surface area contributed by atoms with Gasteiger partial charge in [-0.1, -0.05) is 30.3 Å². The van der Waals surface area contributed by atoms with E-state index in [2.05, 4.69) is 10.2 Å². The number of pyridine rings is 1. The standard InChI is InChI=1S/C23H29N3O5S/c1-24-22(28)20-15-19(17-26(23(20)29)16-18-7-3-2-4-8-18)21(27)9-5-6-10-25-11-13-32(30,31)14-12-25/h2-4,7-8,15,17H,5-6,9-14,16H2,1H3,(H,24,28). The van der Waals surface area contributed by atoms with Gasteiger partial charge in [-0.25, -0.2) is 8.42 Å². The Hall–Kier alpha value is -2.78. The van der Waals surface area contributed by atoms with E-state index >= 15 is 0 Å². The molecule has 3 rings (SSSR count). The van der Waals surface area contributed by atoms with Crippen LogP contribution < -0.4 is 10.9 Å². The number of carbonyl (C=O) groups is 2. The monoisotopic (exact) mass is 459 g/mol. The average Bonchev–Trinajstić information content (AvgIpc) is 2.79. The Morgan fingerprint density at radius 3 is 2.41 bits per heavy atom. The number of aromatic nitrogens is 1. The lowest BCUT2D eigenvalue weighted by Gasteiger charge is -2.26. The molecule has 172 valence electrons. The molecule has 0 unspecified atom stereocenters. The van der Waals surface area contributed by atoms with E-state index in [0.717, 1.165) is 18.5 Å². The summed E-state index contributed by atoms with van der Waals surface area (Å²) in [4.78, 5) is 39.9. The van der Waals surface area contributed by atoms with Crippen LogP contribution in [0.1, 0.15) is 45.5 Å². The van der Waals surface area contributed by atoms with E-state index in [1.807, 2.05) is 30.3 Å². The smallest absolute Gasteiger partial charge is 0.263 e. The number of amides is 1. The third-order valence-electron chi connectivity index (χ3n) is 5.64. The zero-order valence-corrected chi connectivity index (χ0v) is 19.1. The van der Waals surface area contributed by atoms with Gasteiger partial charge in [0.15, 0.2) is 15.6 Å². The molecule has 1 aliphatic rings. The Kier molecular flexibility index (Phi) is 7.98. The van der Waals surface area contributed by atoms with Gasteiger partial charge in [0.05, 0.1) is 18.1 Å². The third-order valence-corrected chi connectivity index (χ3v) is 7.25. The van der Waals surface area contributed by atoms with Crippen LogP contribution in [0.15, 0.2) is 47.4 Å². The molecule has 1 aromatic carbocycles. The van der Waals surface area contributed by atoms with Gasteiger partial charge < -0.3 is 14.8 Å². The van der Waals surface area contributed by atoms with Gasteiger partial charge in [-0.3, -0.25) is 14.4 Å². The maximum atomic E-state index is 12.8. The quantitative estimate of drug-likeness (QED) is 0.448. The van der Waals surface area contributed by atoms with Crippen LogP contribution in [0.25, 0.3) is 0 Å². The van der Waals surface area contributed by atoms with Gasteiger partial charge in [-0.15, -0.1) is 0 Å². The average molecular weight is 460 g/mol. The van der Waals surface area contributed by atoms with Gasteiger partial charge >= 0.3 is 0 Å². The third kappa shape index (κ3) is 6.37. The zero-order valence-electron chi connectivity index (χ0n) is 18.2. The van der Waals surface area contributed by atoms with Crippen LogP contribution in [0.5, 0.6) is 0 Å². The Morgan fingerprint density at radius 1 is 1.06 bits per heavy atom. The molecule has 1 fully saturated rings. The number of nitrogens with one attached hydrogen (secondary N) is 1. The van der Waals surface area contributed by atoms with Crippen molar-refractivity contribution in [3.63, 3.8) is 0 Å². The molecule has 1 N–H and O–H groups in total. The summed E-state index contributed by atoms with van der Waals surface area (Å²) in [7, 11) is -1.45. The number of benzene rings is 1. The summed E-state index contributed by atoms with van der Waals surface area (Å²) in [5.74, 6) is -0.265. The number of carbonyl (C=O) groups excluding carboxylic acids is 2. The van der Waals surface area contributed by atoms with Gasteiger partial charge in [0.1, 0.15) is 5.56 Å².